The summed E-state index contributed by atoms with van der Waals surface area (Å²) >= 11 is 0. The van der Waals surface area contributed by atoms with Gasteiger partial charge in [-0.2, -0.15) is 0 Å². The van der Waals surface area contributed by atoms with E-state index in [0.717, 1.165) is 64.2 Å². The largest absolute Gasteiger partial charge is 0.466 e. The maximum Gasteiger partial charge on any atom is 0.306 e. The quantitative estimate of drug-likeness (QED) is 0.154. The van der Waals surface area contributed by atoms with Gasteiger partial charge >= 0.3 is 11.9 Å². The topological polar surface area (TPSA) is 52.6 Å². The highest BCUT2D eigenvalue weighted by Crippen LogP contribution is 2.10. The normalized spacial score (nSPS) is 12.3. The third kappa shape index (κ3) is 19.3. The Morgan fingerprint density at radius 3 is 2.00 bits per heavy atom. The van der Waals surface area contributed by atoms with Crippen molar-refractivity contribution in [1.82, 2.24) is 0 Å². The lowest BCUT2D eigenvalue weighted by Gasteiger charge is -2.09. The van der Waals surface area contributed by atoms with Crippen molar-refractivity contribution in [1.29, 1.82) is 0 Å². The Morgan fingerprint density at radius 2 is 1.37 bits per heavy atom. The number of ether oxygens (including phenoxy) is 2. The number of carbonyl (C=O) groups excluding carboxylic acids is 2. The monoisotopic (exact) mass is 382 g/mol. The molecule has 4 nitrogen and oxygen atoms in total. The minimum absolute atomic E-state index is 0.0632. The van der Waals surface area contributed by atoms with Crippen LogP contribution in [0.5, 0.6) is 0 Å². The minimum Gasteiger partial charge on any atom is -0.466 e. The molecule has 0 heterocycles. The molecule has 0 saturated heterocycles. The van der Waals surface area contributed by atoms with Crippen LogP contribution in [0.4, 0.5) is 0 Å². The Morgan fingerprint density at radius 1 is 0.778 bits per heavy atom. The van der Waals surface area contributed by atoms with Gasteiger partial charge in [-0.3, -0.25) is 9.59 Å². The highest BCUT2D eigenvalue weighted by Gasteiger charge is 2.06. The van der Waals surface area contributed by atoms with Gasteiger partial charge in [-0.15, -0.1) is 0 Å². The molecule has 0 bridgehead atoms. The van der Waals surface area contributed by atoms with Crippen molar-refractivity contribution in [3.05, 3.63) is 12.2 Å². The van der Waals surface area contributed by atoms with Crippen LogP contribution in [-0.2, 0) is 19.1 Å². The highest BCUT2D eigenvalue weighted by molar-refractivity contribution is 5.69. The second kappa shape index (κ2) is 19.4. The molecular formula is C23H42O4. The average Bonchev–Trinajstić information content (AvgIpc) is 2.64. The first-order valence-corrected chi connectivity index (χ1v) is 11.1. The van der Waals surface area contributed by atoms with E-state index in [1.165, 1.54) is 12.8 Å². The molecule has 27 heavy (non-hydrogen) atoms. The van der Waals surface area contributed by atoms with E-state index in [1.54, 1.807) is 0 Å². The summed E-state index contributed by atoms with van der Waals surface area (Å²) in [6.45, 7) is 6.78. The number of rotatable bonds is 18. The number of hydrogen-bond acceptors (Lipinski definition) is 4. The van der Waals surface area contributed by atoms with Gasteiger partial charge in [-0.1, -0.05) is 71.3 Å². The Balaban J connectivity index is 3.44. The van der Waals surface area contributed by atoms with E-state index >= 15 is 0 Å². The first-order valence-electron chi connectivity index (χ1n) is 11.1. The van der Waals surface area contributed by atoms with Crippen molar-refractivity contribution in [2.75, 3.05) is 6.61 Å². The van der Waals surface area contributed by atoms with E-state index in [1.807, 2.05) is 13.0 Å². The fraction of sp³-hybridized carbons (Fsp3) is 0.826. The van der Waals surface area contributed by atoms with Crippen LogP contribution in [0, 0.1) is 0 Å². The maximum absolute atomic E-state index is 11.8. The Kier molecular flexibility index (Phi) is 18.5. The summed E-state index contributed by atoms with van der Waals surface area (Å²) in [4.78, 5) is 23.3. The van der Waals surface area contributed by atoms with E-state index in [0.29, 0.717) is 19.4 Å². The first-order chi connectivity index (χ1) is 13.1. The van der Waals surface area contributed by atoms with Gasteiger partial charge in [0.1, 0.15) is 6.10 Å². The number of carbonyl (C=O) groups is 2. The van der Waals surface area contributed by atoms with Crippen molar-refractivity contribution in [3.63, 3.8) is 0 Å². The van der Waals surface area contributed by atoms with Gasteiger partial charge in [0, 0.05) is 12.8 Å². The average molecular weight is 383 g/mol. The first kappa shape index (κ1) is 25.7. The zero-order valence-electron chi connectivity index (χ0n) is 18.0. The second-order valence-electron chi connectivity index (χ2n) is 7.31. The van der Waals surface area contributed by atoms with Crippen LogP contribution in [0.25, 0.3) is 0 Å². The summed E-state index contributed by atoms with van der Waals surface area (Å²) in [7, 11) is 0. The molecule has 0 aromatic heterocycles. The summed E-state index contributed by atoms with van der Waals surface area (Å²) in [5.74, 6) is -0.167. The minimum atomic E-state index is -0.129. The van der Waals surface area contributed by atoms with Crippen molar-refractivity contribution in [3.8, 4) is 0 Å². The third-order valence-electron chi connectivity index (χ3n) is 4.47. The Bertz CT molecular complexity index is 390. The molecule has 0 aromatic carbocycles. The number of hydrogen-bond donors (Lipinski definition) is 0. The molecule has 0 radical (unpaired) electrons. The van der Waals surface area contributed by atoms with E-state index in [4.69, 9.17) is 9.47 Å². The van der Waals surface area contributed by atoms with Crippen LogP contribution in [0.15, 0.2) is 12.2 Å². The molecule has 1 unspecified atom stereocenters. The summed E-state index contributed by atoms with van der Waals surface area (Å²) in [6, 6.07) is 0. The molecule has 0 spiro atoms. The van der Waals surface area contributed by atoms with Gasteiger partial charge in [0.05, 0.1) is 6.61 Å². The molecule has 0 amide bonds. The summed E-state index contributed by atoms with van der Waals surface area (Å²) in [5.41, 5.74) is 0. The standard InChI is InChI=1S/C23H42O4/c1-4-6-8-13-17-21(3)27-23(25)19-15-12-10-9-11-14-18-22(24)26-20-16-7-5-2/h13,17,21H,4-12,14-16,18-20H2,1-3H3/b17-13+. The number of unbranched alkanes of at least 4 members (excludes halogenated alkanes) is 9. The van der Waals surface area contributed by atoms with Crippen molar-refractivity contribution in [2.24, 2.45) is 0 Å². The van der Waals surface area contributed by atoms with Crippen LogP contribution in [-0.4, -0.2) is 24.6 Å². The molecule has 0 aliphatic carbocycles. The molecule has 0 saturated carbocycles. The van der Waals surface area contributed by atoms with Gasteiger partial charge in [0.15, 0.2) is 0 Å². The zero-order chi connectivity index (χ0) is 20.2. The number of allylic oxidation sites excluding steroid dienone is 1. The van der Waals surface area contributed by atoms with E-state index in [9.17, 15) is 9.59 Å². The fourth-order valence-electron chi connectivity index (χ4n) is 2.77. The predicted octanol–water partition coefficient (Wildman–Crippen LogP) is 6.52. The van der Waals surface area contributed by atoms with Crippen LogP contribution in [0.3, 0.4) is 0 Å². The molecule has 158 valence electrons. The van der Waals surface area contributed by atoms with Crippen LogP contribution < -0.4 is 0 Å². The van der Waals surface area contributed by atoms with Gasteiger partial charge in [-0.25, -0.2) is 0 Å². The van der Waals surface area contributed by atoms with Crippen molar-refractivity contribution < 1.29 is 19.1 Å². The summed E-state index contributed by atoms with van der Waals surface area (Å²) in [6.07, 6.45) is 17.7. The smallest absolute Gasteiger partial charge is 0.306 e. The maximum atomic E-state index is 11.8. The molecule has 0 aliphatic heterocycles. The van der Waals surface area contributed by atoms with Crippen LogP contribution in [0.2, 0.25) is 0 Å². The van der Waals surface area contributed by atoms with Crippen LogP contribution >= 0.6 is 0 Å². The summed E-state index contributed by atoms with van der Waals surface area (Å²) in [5, 5.41) is 0. The SMILES string of the molecule is CCCC/C=C/C(C)OC(=O)CCCCCCCCC(=O)OCCCCC. The molecule has 4 heteroatoms. The van der Waals surface area contributed by atoms with Crippen LogP contribution in [0.1, 0.15) is 111 Å². The molecule has 0 aromatic rings. The predicted molar refractivity (Wildman–Crippen MR) is 112 cm³/mol. The molecule has 0 rings (SSSR count). The lowest BCUT2D eigenvalue weighted by Crippen LogP contribution is -2.12. The molecular weight excluding hydrogens is 340 g/mol. The van der Waals surface area contributed by atoms with Gasteiger partial charge in [-0.05, 0) is 38.7 Å². The molecule has 0 fully saturated rings. The van der Waals surface area contributed by atoms with Gasteiger partial charge in [0.25, 0.3) is 0 Å². The molecule has 0 N–H and O–H groups in total. The highest BCUT2D eigenvalue weighted by atomic mass is 16.5. The van der Waals surface area contributed by atoms with E-state index < -0.39 is 0 Å². The zero-order valence-corrected chi connectivity index (χ0v) is 18.0. The van der Waals surface area contributed by atoms with Gasteiger partial charge in [0.2, 0.25) is 0 Å². The van der Waals surface area contributed by atoms with E-state index in [2.05, 4.69) is 19.9 Å². The lowest BCUT2D eigenvalue weighted by atomic mass is 10.1. The van der Waals surface area contributed by atoms with E-state index in [-0.39, 0.29) is 18.0 Å². The van der Waals surface area contributed by atoms with Crippen molar-refractivity contribution >= 4 is 11.9 Å². The third-order valence-corrected chi connectivity index (χ3v) is 4.47. The second-order valence-corrected chi connectivity index (χ2v) is 7.31. The fourth-order valence-corrected chi connectivity index (χ4v) is 2.77. The Hall–Kier alpha value is -1.32. The summed E-state index contributed by atoms with van der Waals surface area (Å²) < 4.78 is 10.6. The molecule has 1 atom stereocenters. The van der Waals surface area contributed by atoms with Crippen molar-refractivity contribution in [2.45, 2.75) is 117 Å². The number of esters is 2. The molecule has 0 aliphatic rings. The lowest BCUT2D eigenvalue weighted by molar-refractivity contribution is -0.146. The Labute approximate surface area is 167 Å². The van der Waals surface area contributed by atoms with Gasteiger partial charge < -0.3 is 9.47 Å².